The van der Waals surface area contributed by atoms with E-state index in [0.29, 0.717) is 0 Å². The van der Waals surface area contributed by atoms with Crippen molar-refractivity contribution in [1.82, 2.24) is 19.1 Å². The Hall–Kier alpha value is -6.00. The summed E-state index contributed by atoms with van der Waals surface area (Å²) >= 11 is 0.186. The van der Waals surface area contributed by atoms with Crippen LogP contribution in [0.2, 0.25) is 0 Å². The van der Waals surface area contributed by atoms with Crippen LogP contribution in [-0.4, -0.2) is 33.6 Å². The van der Waals surface area contributed by atoms with Crippen molar-refractivity contribution in [2.45, 2.75) is 0 Å². The minimum atomic E-state index is 0.186. The van der Waals surface area contributed by atoms with E-state index >= 15 is 0 Å². The molecule has 0 saturated heterocycles. The van der Waals surface area contributed by atoms with Crippen LogP contribution < -0.4 is 0 Å². The van der Waals surface area contributed by atoms with Gasteiger partial charge in [-0.15, -0.1) is 0 Å². The molecule has 49 heavy (non-hydrogen) atoms. The summed E-state index contributed by atoms with van der Waals surface area (Å²) in [6.07, 6.45) is 0. The molecular weight excluding hydrogens is 663 g/mol. The van der Waals surface area contributed by atoms with E-state index in [1.54, 1.807) is 0 Å². The first-order valence-electron chi connectivity index (χ1n) is 16.5. The van der Waals surface area contributed by atoms with Crippen molar-refractivity contribution in [1.29, 1.82) is 0 Å². The molecule has 0 aliphatic rings. The second kappa shape index (κ2) is 10.2. The van der Waals surface area contributed by atoms with E-state index in [1.165, 1.54) is 57.6 Å². The van der Waals surface area contributed by atoms with Crippen LogP contribution in [0.5, 0.6) is 0 Å². The van der Waals surface area contributed by atoms with Gasteiger partial charge in [0.25, 0.3) is 0 Å². The zero-order chi connectivity index (χ0) is 32.1. The molecule has 4 heterocycles. The van der Waals surface area contributed by atoms with Crippen molar-refractivity contribution in [2.75, 3.05) is 0 Å². The molecule has 11 aromatic rings. The Morgan fingerprint density at radius 1 is 0.408 bits per heavy atom. The molecule has 11 rings (SSSR count). The topological polar surface area (TPSA) is 35.6 Å². The van der Waals surface area contributed by atoms with Crippen LogP contribution >= 0.6 is 0 Å². The Morgan fingerprint density at radius 3 is 1.73 bits per heavy atom. The molecule has 4 aromatic heterocycles. The molecule has 0 unspecified atom stereocenters. The first-order chi connectivity index (χ1) is 24.3. The van der Waals surface area contributed by atoms with E-state index in [2.05, 4.69) is 155 Å². The predicted molar refractivity (Wildman–Crippen MR) is 206 cm³/mol. The van der Waals surface area contributed by atoms with E-state index in [1.807, 2.05) is 12.1 Å². The average molecular weight is 690 g/mol. The molecule has 7 aromatic carbocycles. The van der Waals surface area contributed by atoms with Gasteiger partial charge in [0.05, 0.1) is 0 Å². The van der Waals surface area contributed by atoms with Gasteiger partial charge in [0.2, 0.25) is 0 Å². The Kier molecular flexibility index (Phi) is 5.65. The summed E-state index contributed by atoms with van der Waals surface area (Å²) in [4.78, 5) is 10.7. The van der Waals surface area contributed by atoms with Crippen LogP contribution in [0.25, 0.3) is 96.7 Å². The third-order valence-electron chi connectivity index (χ3n) is 9.90. The third-order valence-corrected chi connectivity index (χ3v) is 12.4. The van der Waals surface area contributed by atoms with Gasteiger partial charge in [0.1, 0.15) is 0 Å². The second-order valence-electron chi connectivity index (χ2n) is 12.6. The van der Waals surface area contributed by atoms with Crippen LogP contribution in [-0.2, 0) is 0 Å². The Morgan fingerprint density at radius 2 is 0.980 bits per heavy atom. The molecule has 0 aliphatic heterocycles. The molecule has 0 N–H and O–H groups in total. The maximum atomic E-state index is 5.44. The normalized spacial score (nSPS) is 12.1. The van der Waals surface area contributed by atoms with Gasteiger partial charge in [-0.1, -0.05) is 0 Å². The number of rotatable bonds is 3. The predicted octanol–water partition coefficient (Wildman–Crippen LogP) is 10.9. The summed E-state index contributed by atoms with van der Waals surface area (Å²) in [5, 5.41) is 7.56. The van der Waals surface area contributed by atoms with Crippen molar-refractivity contribution in [3.8, 4) is 22.8 Å². The summed E-state index contributed by atoms with van der Waals surface area (Å²) in [7, 11) is 0. The van der Waals surface area contributed by atoms with Gasteiger partial charge in [0, 0.05) is 0 Å². The number of hydrogen-bond donors (Lipinski definition) is 0. The molecule has 228 valence electrons. The molecule has 0 bridgehead atoms. The Bertz CT molecular complexity index is 3110. The molecule has 0 radical (unpaired) electrons. The number of nitrogens with zero attached hydrogens (tertiary/aromatic N) is 4. The van der Waals surface area contributed by atoms with Crippen molar-refractivity contribution >= 4 is 88.4 Å². The van der Waals surface area contributed by atoms with Crippen molar-refractivity contribution in [2.24, 2.45) is 0 Å². The van der Waals surface area contributed by atoms with E-state index in [4.69, 9.17) is 9.97 Å². The third kappa shape index (κ3) is 3.80. The number of para-hydroxylation sites is 4. The second-order valence-corrected chi connectivity index (χ2v) is 14.8. The number of benzene rings is 7. The van der Waals surface area contributed by atoms with E-state index in [0.717, 1.165) is 39.1 Å². The fourth-order valence-electron chi connectivity index (χ4n) is 7.82. The summed E-state index contributed by atoms with van der Waals surface area (Å²) < 4.78 is 7.78. The molecular formula is C44H26N4Se. The summed E-state index contributed by atoms with van der Waals surface area (Å²) in [6, 6.07) is 56.6. The zero-order valence-electron chi connectivity index (χ0n) is 26.2. The summed E-state index contributed by atoms with van der Waals surface area (Å²) in [5.41, 5.74) is 9.53. The van der Waals surface area contributed by atoms with Gasteiger partial charge in [-0.3, -0.25) is 0 Å². The fourth-order valence-corrected chi connectivity index (χ4v) is 10.3. The molecule has 0 amide bonds. The van der Waals surface area contributed by atoms with Crippen LogP contribution in [0.1, 0.15) is 0 Å². The monoisotopic (exact) mass is 690 g/mol. The van der Waals surface area contributed by atoms with Gasteiger partial charge in [-0.2, -0.15) is 0 Å². The fraction of sp³-hybridized carbons (Fsp3) is 0. The van der Waals surface area contributed by atoms with Gasteiger partial charge in [-0.25, -0.2) is 0 Å². The first-order valence-corrected chi connectivity index (χ1v) is 18.2. The minimum absolute atomic E-state index is 0.186. The summed E-state index contributed by atoms with van der Waals surface area (Å²) in [5.74, 6) is 0.829. The first kappa shape index (κ1) is 27.0. The number of fused-ring (bicyclic) bond motifs is 11. The molecule has 5 heteroatoms. The number of hydrogen-bond acceptors (Lipinski definition) is 2. The molecule has 0 atom stereocenters. The van der Waals surface area contributed by atoms with Gasteiger partial charge >= 0.3 is 288 Å². The van der Waals surface area contributed by atoms with Gasteiger partial charge in [0.15, 0.2) is 0 Å². The van der Waals surface area contributed by atoms with Crippen LogP contribution in [0.4, 0.5) is 0 Å². The standard InChI is InChI=1S/C44H26N4Se/c1-2-13-27(14-3-1)40-44(46-35-20-8-7-19-34(35)45-40)48-37-22-10-5-16-29(37)32-26-25-31-28-15-4-9-21-36(28)47(41(31)42(32)48)38-23-12-18-33-30-17-6-11-24-39(30)49-43(33)38/h1-26H. The van der Waals surface area contributed by atoms with Crippen LogP contribution in [0, 0.1) is 0 Å². The Balaban J connectivity index is 1.38. The van der Waals surface area contributed by atoms with Crippen LogP contribution in [0.15, 0.2) is 158 Å². The van der Waals surface area contributed by atoms with Crippen molar-refractivity contribution in [3.63, 3.8) is 0 Å². The van der Waals surface area contributed by atoms with Crippen molar-refractivity contribution in [3.05, 3.63) is 158 Å². The SMILES string of the molecule is c1ccc(-c2nc3ccccc3nc2-n2c3ccccc3c3ccc4c5ccccc5n(-c5cccc6c5[se]c5ccccc56)c4c32)cc1. The molecule has 0 saturated carbocycles. The van der Waals surface area contributed by atoms with E-state index in [-0.39, 0.29) is 14.5 Å². The quantitative estimate of drug-likeness (QED) is 0.173. The molecule has 4 nitrogen and oxygen atoms in total. The molecule has 0 spiro atoms. The maximum absolute atomic E-state index is 5.44. The average Bonchev–Trinajstić information content (AvgIpc) is 3.82. The van der Waals surface area contributed by atoms with Crippen molar-refractivity contribution < 1.29 is 0 Å². The van der Waals surface area contributed by atoms with Gasteiger partial charge in [-0.05, 0) is 0 Å². The summed E-state index contributed by atoms with van der Waals surface area (Å²) in [6.45, 7) is 0. The van der Waals surface area contributed by atoms with Gasteiger partial charge < -0.3 is 0 Å². The Labute approximate surface area is 286 Å². The zero-order valence-corrected chi connectivity index (χ0v) is 27.9. The number of aromatic nitrogens is 4. The molecule has 0 fully saturated rings. The van der Waals surface area contributed by atoms with Crippen LogP contribution in [0.3, 0.4) is 0 Å². The molecule has 0 aliphatic carbocycles. The van der Waals surface area contributed by atoms with E-state index in [9.17, 15) is 0 Å². The van der Waals surface area contributed by atoms with E-state index < -0.39 is 0 Å².